The first-order valence-corrected chi connectivity index (χ1v) is 13.6. The summed E-state index contributed by atoms with van der Waals surface area (Å²) in [5.74, 6) is 0.480. The zero-order valence-corrected chi connectivity index (χ0v) is 22.2. The van der Waals surface area contributed by atoms with Crippen LogP contribution in [0.4, 0.5) is 4.39 Å². The Morgan fingerprint density at radius 1 is 1.00 bits per heavy atom. The summed E-state index contributed by atoms with van der Waals surface area (Å²) in [5, 5.41) is 6.56. The number of aromatic nitrogens is 2. The van der Waals surface area contributed by atoms with Crippen LogP contribution in [0.5, 0.6) is 0 Å². The van der Waals surface area contributed by atoms with Gasteiger partial charge in [-0.3, -0.25) is 9.59 Å². The van der Waals surface area contributed by atoms with Crippen molar-refractivity contribution in [1.29, 1.82) is 0 Å². The molecular formula is C30H35FN6O2. The molecule has 3 aromatic rings. The van der Waals surface area contributed by atoms with Crippen LogP contribution in [-0.4, -0.2) is 83.4 Å². The molecule has 3 atom stereocenters. The molecule has 2 aromatic carbocycles. The van der Waals surface area contributed by atoms with Crippen LogP contribution in [0.15, 0.2) is 67.0 Å². The molecule has 0 radical (unpaired) electrons. The van der Waals surface area contributed by atoms with Crippen molar-refractivity contribution in [1.82, 2.24) is 30.4 Å². The Hall–Kier alpha value is -3.69. The van der Waals surface area contributed by atoms with Gasteiger partial charge in [-0.1, -0.05) is 24.3 Å². The van der Waals surface area contributed by atoms with Gasteiger partial charge in [0.2, 0.25) is 5.91 Å². The third kappa shape index (κ3) is 7.04. The Bertz CT molecular complexity index is 1250. The number of carbonyl (C=O) groups is 2. The molecule has 8 nitrogen and oxygen atoms in total. The number of rotatable bonds is 10. The minimum absolute atomic E-state index is 0.0265. The molecule has 1 aliphatic carbocycles. The zero-order chi connectivity index (χ0) is 27.2. The molecule has 5 rings (SSSR count). The first-order valence-electron chi connectivity index (χ1n) is 13.6. The van der Waals surface area contributed by atoms with Gasteiger partial charge in [-0.25, -0.2) is 14.4 Å². The lowest BCUT2D eigenvalue weighted by molar-refractivity contribution is -0.135. The summed E-state index contributed by atoms with van der Waals surface area (Å²) in [6.07, 6.45) is 5.68. The van der Waals surface area contributed by atoms with Gasteiger partial charge < -0.3 is 20.4 Å². The maximum Gasteiger partial charge on any atom is 0.251 e. The Morgan fingerprint density at radius 2 is 1.69 bits per heavy atom. The highest BCUT2D eigenvalue weighted by Crippen LogP contribution is 2.40. The van der Waals surface area contributed by atoms with Crippen LogP contribution in [0.25, 0.3) is 11.4 Å². The summed E-state index contributed by atoms with van der Waals surface area (Å²) in [7, 11) is 2.05. The second kappa shape index (κ2) is 12.4. The highest BCUT2D eigenvalue weighted by molar-refractivity contribution is 5.97. The fourth-order valence-corrected chi connectivity index (χ4v) is 5.06. The number of nitrogens with zero attached hydrogens (tertiary/aromatic N) is 4. The van der Waals surface area contributed by atoms with Gasteiger partial charge in [0.25, 0.3) is 5.91 Å². The van der Waals surface area contributed by atoms with Crippen molar-refractivity contribution < 1.29 is 14.0 Å². The van der Waals surface area contributed by atoms with Gasteiger partial charge in [-0.05, 0) is 68.8 Å². The standard InChI is InChI=1S/C30H35FN6O2/c1-36-16-18-37(19-17-36)30(39)26(4-2-13-32-27-20-25(27)21-9-11-24(31)12-10-21)35-29(38)23-7-5-22(6-8-23)28-33-14-3-15-34-28/h3,5-12,14-15,25-27,32H,2,4,13,16-20H2,1H3,(H,35,38)/t25-,26?,27+/m0/s1. The predicted molar refractivity (Wildman–Crippen MR) is 148 cm³/mol. The molecule has 1 aliphatic heterocycles. The molecule has 9 heteroatoms. The molecule has 2 aliphatic rings. The van der Waals surface area contributed by atoms with E-state index in [4.69, 9.17) is 0 Å². The predicted octanol–water partition coefficient (Wildman–Crippen LogP) is 3.08. The maximum atomic E-state index is 13.4. The maximum absolute atomic E-state index is 13.4. The number of benzene rings is 2. The Labute approximate surface area is 228 Å². The van der Waals surface area contributed by atoms with Crippen molar-refractivity contribution in [2.45, 2.75) is 37.3 Å². The molecule has 0 spiro atoms. The SMILES string of the molecule is CN1CCN(C(=O)C(CCCN[C@@H]2C[C@H]2c2ccc(F)cc2)NC(=O)c2ccc(-c3ncccn3)cc2)CC1. The van der Waals surface area contributed by atoms with Crippen molar-refractivity contribution in [3.63, 3.8) is 0 Å². The van der Waals surface area contributed by atoms with Gasteiger partial charge in [0.15, 0.2) is 5.82 Å². The van der Waals surface area contributed by atoms with Crippen molar-refractivity contribution in [3.8, 4) is 11.4 Å². The van der Waals surface area contributed by atoms with E-state index >= 15 is 0 Å². The fraction of sp³-hybridized carbons (Fsp3) is 0.400. The van der Waals surface area contributed by atoms with E-state index < -0.39 is 6.04 Å². The zero-order valence-electron chi connectivity index (χ0n) is 22.2. The first kappa shape index (κ1) is 26.9. The van der Waals surface area contributed by atoms with Crippen molar-refractivity contribution in [3.05, 3.63) is 83.9 Å². The average molecular weight is 531 g/mol. The van der Waals surface area contributed by atoms with Gasteiger partial charge in [0.1, 0.15) is 11.9 Å². The number of hydrogen-bond donors (Lipinski definition) is 2. The number of hydrogen-bond acceptors (Lipinski definition) is 6. The van der Waals surface area contributed by atoms with Gasteiger partial charge >= 0.3 is 0 Å². The molecule has 204 valence electrons. The lowest BCUT2D eigenvalue weighted by atomic mass is 10.1. The normalized spacial score (nSPS) is 19.9. The monoisotopic (exact) mass is 530 g/mol. The van der Waals surface area contributed by atoms with Crippen LogP contribution in [0.2, 0.25) is 0 Å². The molecule has 1 saturated carbocycles. The number of carbonyl (C=O) groups excluding carboxylic acids is 2. The van der Waals surface area contributed by atoms with E-state index in [1.807, 2.05) is 36.2 Å². The molecule has 2 amide bonds. The lowest BCUT2D eigenvalue weighted by Crippen LogP contribution is -2.54. The van der Waals surface area contributed by atoms with E-state index in [1.165, 1.54) is 12.1 Å². The molecule has 1 aromatic heterocycles. The minimum atomic E-state index is -0.591. The van der Waals surface area contributed by atoms with E-state index in [9.17, 15) is 14.0 Å². The average Bonchev–Trinajstić information content (AvgIpc) is 3.75. The minimum Gasteiger partial charge on any atom is -0.340 e. The highest BCUT2D eigenvalue weighted by atomic mass is 19.1. The van der Waals surface area contributed by atoms with E-state index in [0.29, 0.717) is 42.9 Å². The third-order valence-electron chi connectivity index (χ3n) is 7.55. The van der Waals surface area contributed by atoms with Crippen LogP contribution in [0.3, 0.4) is 0 Å². The van der Waals surface area contributed by atoms with Crippen LogP contribution in [-0.2, 0) is 4.79 Å². The Kier molecular flexibility index (Phi) is 8.58. The van der Waals surface area contributed by atoms with Gasteiger partial charge in [-0.2, -0.15) is 0 Å². The first-order chi connectivity index (χ1) is 19.0. The Morgan fingerprint density at radius 3 is 2.38 bits per heavy atom. The van der Waals surface area contributed by atoms with Crippen molar-refractivity contribution in [2.24, 2.45) is 0 Å². The quantitative estimate of drug-likeness (QED) is 0.392. The number of amides is 2. The summed E-state index contributed by atoms with van der Waals surface area (Å²) in [5.41, 5.74) is 2.46. The molecule has 1 unspecified atom stereocenters. The van der Waals surface area contributed by atoms with Gasteiger partial charge in [0.05, 0.1) is 0 Å². The number of nitrogens with one attached hydrogen (secondary N) is 2. The lowest BCUT2D eigenvalue weighted by Gasteiger charge is -2.34. The van der Waals surface area contributed by atoms with Crippen LogP contribution in [0, 0.1) is 5.82 Å². The molecule has 2 N–H and O–H groups in total. The second-order valence-electron chi connectivity index (χ2n) is 10.4. The summed E-state index contributed by atoms with van der Waals surface area (Å²) in [6.45, 7) is 3.71. The van der Waals surface area contributed by atoms with E-state index in [-0.39, 0.29) is 17.6 Å². The van der Waals surface area contributed by atoms with Crippen LogP contribution < -0.4 is 10.6 Å². The van der Waals surface area contributed by atoms with E-state index in [1.54, 1.807) is 30.6 Å². The summed E-state index contributed by atoms with van der Waals surface area (Å²) in [6, 6.07) is 15.4. The van der Waals surface area contributed by atoms with Gasteiger partial charge in [-0.15, -0.1) is 0 Å². The van der Waals surface area contributed by atoms with E-state index in [0.717, 1.165) is 43.6 Å². The smallest absolute Gasteiger partial charge is 0.251 e. The summed E-state index contributed by atoms with van der Waals surface area (Å²) in [4.78, 5) is 39.2. The number of likely N-dealkylation sites (N-methyl/N-ethyl adjacent to an activating group) is 1. The second-order valence-corrected chi connectivity index (χ2v) is 10.4. The topological polar surface area (TPSA) is 90.5 Å². The Balaban J connectivity index is 1.17. The fourth-order valence-electron chi connectivity index (χ4n) is 5.06. The van der Waals surface area contributed by atoms with Crippen LogP contribution in [0.1, 0.15) is 41.1 Å². The molecule has 0 bridgehead atoms. The van der Waals surface area contributed by atoms with Gasteiger partial charge in [0, 0.05) is 61.7 Å². The summed E-state index contributed by atoms with van der Waals surface area (Å²) >= 11 is 0. The largest absolute Gasteiger partial charge is 0.340 e. The number of halogens is 1. The number of piperazine rings is 1. The molecule has 39 heavy (non-hydrogen) atoms. The molecule has 1 saturated heterocycles. The van der Waals surface area contributed by atoms with Crippen LogP contribution >= 0.6 is 0 Å². The third-order valence-corrected chi connectivity index (χ3v) is 7.55. The summed E-state index contributed by atoms with van der Waals surface area (Å²) < 4.78 is 13.2. The highest BCUT2D eigenvalue weighted by Gasteiger charge is 2.37. The molecular weight excluding hydrogens is 495 g/mol. The van der Waals surface area contributed by atoms with Crippen molar-refractivity contribution in [2.75, 3.05) is 39.8 Å². The van der Waals surface area contributed by atoms with E-state index in [2.05, 4.69) is 25.5 Å². The molecule has 2 heterocycles. The molecule has 2 fully saturated rings. The van der Waals surface area contributed by atoms with Crippen molar-refractivity contribution >= 4 is 11.8 Å².